The zero-order valence-electron chi connectivity index (χ0n) is 12.0. The van der Waals surface area contributed by atoms with Crippen LogP contribution in [0.5, 0.6) is 0 Å². The van der Waals surface area contributed by atoms with Crippen molar-refractivity contribution in [2.75, 3.05) is 11.9 Å². The molecule has 1 N–H and O–H groups in total. The van der Waals surface area contributed by atoms with Crippen LogP contribution >= 0.6 is 11.3 Å². The predicted octanol–water partition coefficient (Wildman–Crippen LogP) is 2.90. The molecule has 0 atom stereocenters. The van der Waals surface area contributed by atoms with E-state index < -0.39 is 0 Å². The van der Waals surface area contributed by atoms with Crippen molar-refractivity contribution >= 4 is 16.5 Å². The van der Waals surface area contributed by atoms with Crippen molar-refractivity contribution in [3.05, 3.63) is 46.5 Å². The highest BCUT2D eigenvalue weighted by molar-refractivity contribution is 7.13. The Labute approximate surface area is 129 Å². The normalized spacial score (nSPS) is 13.9. The molecule has 0 radical (unpaired) electrons. The standard InChI is InChI=1S/C16H18N4S/c1-20(10-13-4-2-3-12(7-13)8-17)16-19-15(11-21-16)9-18-14-5-6-14/h2-4,7,11,14,18H,5-6,9-10H2,1H3. The maximum Gasteiger partial charge on any atom is 0.185 e. The molecule has 1 saturated carbocycles. The highest BCUT2D eigenvalue weighted by atomic mass is 32.1. The van der Waals surface area contributed by atoms with Crippen molar-refractivity contribution < 1.29 is 0 Å². The van der Waals surface area contributed by atoms with Crippen molar-refractivity contribution in [3.63, 3.8) is 0 Å². The van der Waals surface area contributed by atoms with Gasteiger partial charge in [0.2, 0.25) is 0 Å². The number of hydrogen-bond acceptors (Lipinski definition) is 5. The summed E-state index contributed by atoms with van der Waals surface area (Å²) in [5, 5.41) is 15.6. The molecule has 1 aliphatic rings. The fourth-order valence-corrected chi connectivity index (χ4v) is 2.96. The van der Waals surface area contributed by atoms with E-state index in [1.54, 1.807) is 11.3 Å². The van der Waals surface area contributed by atoms with Crippen molar-refractivity contribution in [2.45, 2.75) is 32.0 Å². The zero-order valence-corrected chi connectivity index (χ0v) is 12.9. The van der Waals surface area contributed by atoms with Crippen LogP contribution in [0.1, 0.15) is 29.7 Å². The molecule has 1 aliphatic carbocycles. The summed E-state index contributed by atoms with van der Waals surface area (Å²) in [5.74, 6) is 0. The molecule has 3 rings (SSSR count). The highest BCUT2D eigenvalue weighted by Crippen LogP contribution is 2.23. The molecule has 0 unspecified atom stereocenters. The number of benzene rings is 1. The van der Waals surface area contributed by atoms with Gasteiger partial charge in [0.15, 0.2) is 5.13 Å². The lowest BCUT2D eigenvalue weighted by Crippen LogP contribution is -2.18. The Morgan fingerprint density at radius 2 is 2.33 bits per heavy atom. The van der Waals surface area contributed by atoms with Gasteiger partial charge < -0.3 is 10.2 Å². The second kappa shape index (κ2) is 6.25. The highest BCUT2D eigenvalue weighted by Gasteiger charge is 2.20. The smallest absolute Gasteiger partial charge is 0.185 e. The maximum absolute atomic E-state index is 8.94. The lowest BCUT2D eigenvalue weighted by Gasteiger charge is -2.15. The van der Waals surface area contributed by atoms with E-state index in [0.717, 1.165) is 29.5 Å². The third-order valence-corrected chi connectivity index (χ3v) is 4.49. The monoisotopic (exact) mass is 298 g/mol. The topological polar surface area (TPSA) is 52.0 Å². The summed E-state index contributed by atoms with van der Waals surface area (Å²) in [6.07, 6.45) is 2.60. The fraction of sp³-hybridized carbons (Fsp3) is 0.375. The maximum atomic E-state index is 8.94. The Bertz CT molecular complexity index is 654. The van der Waals surface area contributed by atoms with Crippen molar-refractivity contribution in [2.24, 2.45) is 0 Å². The lowest BCUT2D eigenvalue weighted by atomic mass is 10.1. The average Bonchev–Trinajstić information content (AvgIpc) is 3.21. The molecular formula is C16H18N4S. The van der Waals surface area contributed by atoms with Crippen LogP contribution in [0.25, 0.3) is 0 Å². The average molecular weight is 298 g/mol. The van der Waals surface area contributed by atoms with Gasteiger partial charge in [-0.2, -0.15) is 5.26 Å². The molecule has 108 valence electrons. The first kappa shape index (κ1) is 14.1. The number of nitrogens with one attached hydrogen (secondary N) is 1. The van der Waals surface area contributed by atoms with E-state index in [0.29, 0.717) is 11.6 Å². The first-order valence-electron chi connectivity index (χ1n) is 7.12. The van der Waals surface area contributed by atoms with Gasteiger partial charge >= 0.3 is 0 Å². The Balaban J connectivity index is 1.61. The van der Waals surface area contributed by atoms with Crippen molar-refractivity contribution in [3.8, 4) is 6.07 Å². The van der Waals surface area contributed by atoms with E-state index in [2.05, 4.69) is 26.6 Å². The Morgan fingerprint density at radius 1 is 1.48 bits per heavy atom. The zero-order chi connectivity index (χ0) is 14.7. The molecule has 0 spiro atoms. The quantitative estimate of drug-likeness (QED) is 0.891. The molecule has 0 saturated heterocycles. The molecule has 0 amide bonds. The molecule has 1 fully saturated rings. The third-order valence-electron chi connectivity index (χ3n) is 3.49. The second-order valence-electron chi connectivity index (χ2n) is 5.44. The van der Waals surface area contributed by atoms with Crippen LogP contribution in [0.15, 0.2) is 29.6 Å². The van der Waals surface area contributed by atoms with Gasteiger partial charge in [-0.05, 0) is 30.5 Å². The Hall–Kier alpha value is -1.90. The van der Waals surface area contributed by atoms with Crippen LogP contribution < -0.4 is 10.2 Å². The van der Waals surface area contributed by atoms with Gasteiger partial charge in [-0.1, -0.05) is 12.1 Å². The van der Waals surface area contributed by atoms with Gasteiger partial charge in [-0.25, -0.2) is 4.98 Å². The van der Waals surface area contributed by atoms with E-state index in [9.17, 15) is 0 Å². The summed E-state index contributed by atoms with van der Waals surface area (Å²) in [7, 11) is 2.04. The van der Waals surface area contributed by atoms with E-state index in [1.165, 1.54) is 12.8 Å². The molecule has 1 aromatic heterocycles. The molecule has 0 bridgehead atoms. The second-order valence-corrected chi connectivity index (χ2v) is 6.28. The summed E-state index contributed by atoms with van der Waals surface area (Å²) in [6, 6.07) is 10.6. The van der Waals surface area contributed by atoms with Crippen molar-refractivity contribution in [1.29, 1.82) is 5.26 Å². The summed E-state index contributed by atoms with van der Waals surface area (Å²) in [6.45, 7) is 1.62. The molecule has 1 aromatic carbocycles. The van der Waals surface area contributed by atoms with Gasteiger partial charge in [0, 0.05) is 31.6 Å². The largest absolute Gasteiger partial charge is 0.347 e. The predicted molar refractivity (Wildman–Crippen MR) is 85.2 cm³/mol. The van der Waals surface area contributed by atoms with Crippen LogP contribution in [0.3, 0.4) is 0 Å². The summed E-state index contributed by atoms with van der Waals surface area (Å²) >= 11 is 1.67. The number of nitrogens with zero attached hydrogens (tertiary/aromatic N) is 3. The van der Waals surface area contributed by atoms with Gasteiger partial charge in [0.1, 0.15) is 0 Å². The number of thiazole rings is 1. The van der Waals surface area contributed by atoms with Gasteiger partial charge in [0.25, 0.3) is 0 Å². The van der Waals surface area contributed by atoms with Crippen LogP contribution in [0.4, 0.5) is 5.13 Å². The fourth-order valence-electron chi connectivity index (χ4n) is 2.17. The molecular weight excluding hydrogens is 280 g/mol. The summed E-state index contributed by atoms with van der Waals surface area (Å²) in [4.78, 5) is 6.79. The van der Waals surface area contributed by atoms with Crippen molar-refractivity contribution in [1.82, 2.24) is 10.3 Å². The number of hydrogen-bond donors (Lipinski definition) is 1. The van der Waals surface area contributed by atoms with Crippen LogP contribution in [0, 0.1) is 11.3 Å². The molecule has 21 heavy (non-hydrogen) atoms. The minimum atomic E-state index is 0.703. The van der Waals surface area contributed by atoms with E-state index in [-0.39, 0.29) is 0 Å². The minimum Gasteiger partial charge on any atom is -0.347 e. The first-order chi connectivity index (χ1) is 10.2. The number of nitriles is 1. The molecule has 1 heterocycles. The first-order valence-corrected chi connectivity index (χ1v) is 8.00. The third kappa shape index (κ3) is 3.81. The van der Waals surface area contributed by atoms with Crippen LogP contribution in [0.2, 0.25) is 0 Å². The SMILES string of the molecule is CN(Cc1cccc(C#N)c1)c1nc(CNC2CC2)cs1. The molecule has 4 nitrogen and oxygen atoms in total. The number of rotatable bonds is 6. The minimum absolute atomic E-state index is 0.703. The summed E-state index contributed by atoms with van der Waals surface area (Å²) < 4.78 is 0. The molecule has 0 aliphatic heterocycles. The van der Waals surface area contributed by atoms with E-state index in [1.807, 2.05) is 31.3 Å². The lowest BCUT2D eigenvalue weighted by molar-refractivity contribution is 0.676. The number of aromatic nitrogens is 1. The van der Waals surface area contributed by atoms with Crippen LogP contribution in [-0.2, 0) is 13.1 Å². The van der Waals surface area contributed by atoms with Gasteiger partial charge in [0.05, 0.1) is 17.3 Å². The Morgan fingerprint density at radius 3 is 3.10 bits per heavy atom. The van der Waals surface area contributed by atoms with Crippen LogP contribution in [-0.4, -0.2) is 18.1 Å². The van der Waals surface area contributed by atoms with E-state index >= 15 is 0 Å². The molecule has 2 aromatic rings. The Kier molecular flexibility index (Phi) is 4.18. The van der Waals surface area contributed by atoms with Gasteiger partial charge in [-0.15, -0.1) is 11.3 Å². The molecule has 5 heteroatoms. The summed E-state index contributed by atoms with van der Waals surface area (Å²) in [5.41, 5.74) is 2.94. The number of anilines is 1. The van der Waals surface area contributed by atoms with Gasteiger partial charge in [-0.3, -0.25) is 0 Å². The van der Waals surface area contributed by atoms with E-state index in [4.69, 9.17) is 5.26 Å².